The molecule has 2 heterocycles. The summed E-state index contributed by atoms with van der Waals surface area (Å²) in [5, 5.41) is 9.27. The highest BCUT2D eigenvalue weighted by atomic mass is 79.9. The normalized spacial score (nSPS) is 10.6. The highest BCUT2D eigenvalue weighted by Gasteiger charge is 2.14. The van der Waals surface area contributed by atoms with Crippen LogP contribution in [0.2, 0.25) is 0 Å². The molecule has 1 N–H and O–H groups in total. The summed E-state index contributed by atoms with van der Waals surface area (Å²) in [5.41, 5.74) is 1.30. The fourth-order valence-corrected chi connectivity index (χ4v) is 1.44. The average Bonchev–Trinajstić information content (AvgIpc) is 2.34. The molecule has 0 radical (unpaired) electrons. The molecule has 0 amide bonds. The van der Waals surface area contributed by atoms with Crippen molar-refractivity contribution in [1.29, 1.82) is 0 Å². The first kappa shape index (κ1) is 6.67. The topological polar surface area (TPSA) is 37.2 Å². The lowest BCUT2D eigenvalue weighted by Crippen LogP contribution is -2.29. The zero-order valence-electron chi connectivity index (χ0n) is 5.49. The van der Waals surface area contributed by atoms with Crippen molar-refractivity contribution in [3.05, 3.63) is 29.1 Å². The average molecular weight is 215 g/mol. The Kier molecular flexibility index (Phi) is 1.35. The third kappa shape index (κ3) is 0.903. The molecule has 0 aliphatic carbocycles. The highest BCUT2D eigenvalue weighted by molar-refractivity contribution is 9.10. The van der Waals surface area contributed by atoms with Crippen molar-refractivity contribution >= 4 is 27.0 Å². The van der Waals surface area contributed by atoms with Gasteiger partial charge in [-0.25, -0.2) is 0 Å². The van der Waals surface area contributed by atoms with Crippen LogP contribution in [0.5, 0.6) is 0 Å². The molecule has 3 nitrogen and oxygen atoms in total. The fraction of sp³-hybridized carbons (Fsp3) is 0. The molecular weight excluding hydrogens is 210 g/mol. The summed E-state index contributed by atoms with van der Waals surface area (Å²) in [7, 11) is 0. The molecule has 2 rings (SSSR count). The van der Waals surface area contributed by atoms with E-state index in [1.165, 1.54) is 6.26 Å². The minimum absolute atomic E-state index is 0.646. The Balaban J connectivity index is 2.96. The Morgan fingerprint density at radius 1 is 1.55 bits per heavy atom. The smallest absolute Gasteiger partial charge is 0.316 e. The number of nitrogens with zero attached hydrogens (tertiary/aromatic N) is 1. The van der Waals surface area contributed by atoms with Crippen LogP contribution in [0.1, 0.15) is 0 Å². The molecule has 0 aromatic carbocycles. The zero-order chi connectivity index (χ0) is 7.84. The standard InChI is InChI=1S/C7H5BrNO2/c8-5-4-11-6-2-1-3-9(10)7(5)6/h1-4,10H/q+1. The van der Waals surface area contributed by atoms with E-state index in [1.807, 2.05) is 0 Å². The van der Waals surface area contributed by atoms with Gasteiger partial charge < -0.3 is 4.42 Å². The molecular formula is C7H5BrNO2+. The number of rotatable bonds is 0. The minimum Gasteiger partial charge on any atom is -0.456 e. The van der Waals surface area contributed by atoms with Gasteiger partial charge in [0.15, 0.2) is 0 Å². The van der Waals surface area contributed by atoms with Crippen molar-refractivity contribution in [2.45, 2.75) is 0 Å². The van der Waals surface area contributed by atoms with Crippen LogP contribution in [0, 0.1) is 0 Å². The monoisotopic (exact) mass is 214 g/mol. The van der Waals surface area contributed by atoms with Gasteiger partial charge >= 0.3 is 5.52 Å². The summed E-state index contributed by atoms with van der Waals surface area (Å²) >= 11 is 3.24. The van der Waals surface area contributed by atoms with Gasteiger partial charge in [0.25, 0.3) is 0 Å². The summed E-state index contributed by atoms with van der Waals surface area (Å²) in [4.78, 5) is 0. The van der Waals surface area contributed by atoms with E-state index < -0.39 is 0 Å². The van der Waals surface area contributed by atoms with Gasteiger partial charge in [0.2, 0.25) is 11.8 Å². The van der Waals surface area contributed by atoms with Crippen LogP contribution in [0.3, 0.4) is 0 Å². The third-order valence-corrected chi connectivity index (χ3v) is 2.02. The Bertz CT molecular complexity index is 396. The van der Waals surface area contributed by atoms with Gasteiger partial charge in [-0.05, 0) is 22.0 Å². The molecule has 0 aliphatic rings. The van der Waals surface area contributed by atoms with Crippen LogP contribution in [-0.4, -0.2) is 5.21 Å². The number of hydrogen-bond donors (Lipinski definition) is 1. The Morgan fingerprint density at radius 3 is 3.09 bits per heavy atom. The number of furan rings is 1. The van der Waals surface area contributed by atoms with Crippen LogP contribution < -0.4 is 4.73 Å². The van der Waals surface area contributed by atoms with Gasteiger partial charge in [-0.15, -0.1) is 0 Å². The predicted molar refractivity (Wildman–Crippen MR) is 41.3 cm³/mol. The quantitative estimate of drug-likeness (QED) is 0.536. The lowest BCUT2D eigenvalue weighted by atomic mass is 10.4. The lowest BCUT2D eigenvalue weighted by molar-refractivity contribution is -0.885. The number of pyridine rings is 1. The highest BCUT2D eigenvalue weighted by Crippen LogP contribution is 2.21. The first-order valence-corrected chi connectivity index (χ1v) is 3.85. The Hall–Kier alpha value is -1.03. The summed E-state index contributed by atoms with van der Waals surface area (Å²) in [5.74, 6) is 0. The predicted octanol–water partition coefficient (Wildman–Crippen LogP) is 1.72. The van der Waals surface area contributed by atoms with Gasteiger partial charge in [0.1, 0.15) is 10.7 Å². The molecule has 11 heavy (non-hydrogen) atoms. The number of aromatic nitrogens is 1. The van der Waals surface area contributed by atoms with E-state index in [9.17, 15) is 5.21 Å². The lowest BCUT2D eigenvalue weighted by Gasteiger charge is -1.83. The maximum Gasteiger partial charge on any atom is 0.316 e. The summed E-state index contributed by atoms with van der Waals surface area (Å²) in [6, 6.07) is 3.49. The first-order valence-electron chi connectivity index (χ1n) is 3.05. The van der Waals surface area contributed by atoms with Crippen LogP contribution in [-0.2, 0) is 0 Å². The molecule has 0 unspecified atom stereocenters. The molecule has 4 heteroatoms. The van der Waals surface area contributed by atoms with E-state index in [2.05, 4.69) is 15.9 Å². The summed E-state index contributed by atoms with van der Waals surface area (Å²) in [6.07, 6.45) is 3.08. The van der Waals surface area contributed by atoms with Crippen molar-refractivity contribution < 1.29 is 14.4 Å². The molecule has 2 aromatic rings. The van der Waals surface area contributed by atoms with Crippen LogP contribution in [0.25, 0.3) is 11.1 Å². The van der Waals surface area contributed by atoms with Crippen LogP contribution >= 0.6 is 15.9 Å². The van der Waals surface area contributed by atoms with Gasteiger partial charge in [-0.1, -0.05) is 0 Å². The molecule has 56 valence electrons. The van der Waals surface area contributed by atoms with Gasteiger partial charge in [-0.3, -0.25) is 5.21 Å². The summed E-state index contributed by atoms with van der Waals surface area (Å²) < 4.78 is 6.86. The second kappa shape index (κ2) is 2.23. The minimum atomic E-state index is 0.646. The number of fused-ring (bicyclic) bond motifs is 1. The zero-order valence-corrected chi connectivity index (χ0v) is 7.08. The van der Waals surface area contributed by atoms with E-state index >= 15 is 0 Å². The van der Waals surface area contributed by atoms with Crippen LogP contribution in [0.15, 0.2) is 33.5 Å². The Labute approximate surface area is 71.0 Å². The second-order valence-electron chi connectivity index (χ2n) is 2.15. The first-order chi connectivity index (χ1) is 5.29. The van der Waals surface area contributed by atoms with Crippen molar-refractivity contribution in [2.24, 2.45) is 0 Å². The van der Waals surface area contributed by atoms with Gasteiger partial charge in [0, 0.05) is 10.8 Å². The SMILES string of the molecule is O[n+]1cccc2occ(Br)c21. The maximum atomic E-state index is 9.27. The van der Waals surface area contributed by atoms with E-state index in [1.54, 1.807) is 18.3 Å². The molecule has 0 saturated carbocycles. The summed E-state index contributed by atoms with van der Waals surface area (Å²) in [6.45, 7) is 0. The third-order valence-electron chi connectivity index (χ3n) is 1.45. The van der Waals surface area contributed by atoms with Gasteiger partial charge in [-0.2, -0.15) is 0 Å². The largest absolute Gasteiger partial charge is 0.456 e. The Morgan fingerprint density at radius 2 is 2.36 bits per heavy atom. The van der Waals surface area contributed by atoms with E-state index in [-0.39, 0.29) is 0 Å². The molecule has 0 bridgehead atoms. The number of halogens is 1. The van der Waals surface area contributed by atoms with E-state index in [0.29, 0.717) is 11.1 Å². The molecule has 0 spiro atoms. The van der Waals surface area contributed by atoms with Crippen LogP contribution in [0.4, 0.5) is 0 Å². The molecule has 0 fully saturated rings. The van der Waals surface area contributed by atoms with Gasteiger partial charge in [0.05, 0.1) is 0 Å². The maximum absolute atomic E-state index is 9.27. The number of hydrogen-bond acceptors (Lipinski definition) is 2. The van der Waals surface area contributed by atoms with E-state index in [0.717, 1.165) is 9.20 Å². The molecule has 0 atom stereocenters. The van der Waals surface area contributed by atoms with Crippen molar-refractivity contribution in [1.82, 2.24) is 0 Å². The molecule has 0 aliphatic heterocycles. The van der Waals surface area contributed by atoms with Crippen molar-refractivity contribution in [3.63, 3.8) is 0 Å². The molecule has 0 saturated heterocycles. The van der Waals surface area contributed by atoms with E-state index in [4.69, 9.17) is 4.42 Å². The molecule has 2 aromatic heterocycles. The second-order valence-corrected chi connectivity index (χ2v) is 3.00. The fourth-order valence-electron chi connectivity index (χ4n) is 0.972. The van der Waals surface area contributed by atoms with Crippen molar-refractivity contribution in [3.8, 4) is 0 Å². The van der Waals surface area contributed by atoms with Crippen molar-refractivity contribution in [2.75, 3.05) is 0 Å².